The van der Waals surface area contributed by atoms with Gasteiger partial charge in [0.05, 0.1) is 6.10 Å². The van der Waals surface area contributed by atoms with Crippen molar-refractivity contribution in [1.29, 1.82) is 0 Å². The molecule has 0 spiro atoms. The van der Waals surface area contributed by atoms with Crippen LogP contribution in [0.3, 0.4) is 0 Å². The van der Waals surface area contributed by atoms with E-state index in [1.807, 2.05) is 7.11 Å². The third kappa shape index (κ3) is 2.73. The van der Waals surface area contributed by atoms with Crippen LogP contribution in [0.4, 0.5) is 0 Å². The third-order valence-electron chi connectivity index (χ3n) is 13.7. The first kappa shape index (κ1) is 23.4. The Hall–Kier alpha value is -0.300. The Balaban J connectivity index is 1.53. The molecule has 0 aliphatic heterocycles. The Morgan fingerprint density at radius 3 is 2.12 bits per heavy atom. The van der Waals surface area contributed by atoms with E-state index in [0.717, 1.165) is 29.6 Å². The lowest BCUT2D eigenvalue weighted by Crippen LogP contribution is -2.66. The van der Waals surface area contributed by atoms with E-state index in [1.165, 1.54) is 69.8 Å². The maximum Gasteiger partial charge on any atom is 0.0625 e. The number of rotatable bonds is 2. The maximum absolute atomic E-state index is 6.05. The summed E-state index contributed by atoms with van der Waals surface area (Å²) in [5.41, 5.74) is 3.79. The highest BCUT2D eigenvalue weighted by atomic mass is 16.5. The summed E-state index contributed by atoms with van der Waals surface area (Å²) < 4.78 is 6.05. The standard InChI is InChI=1S/C31H52O/c1-20(2)21-12-15-28(5)18-19-30(7)22(26(21)28)10-11-24-29(6)16-14-25(32-9)27(3,4)23(29)13-17-31(24,30)8/h21-26H,1,10-19H2,2-9H3/t21-,22+,23-,24+,25-,26-,28+,29-,30+,31+/m0/s1. The molecule has 1 heteroatoms. The van der Waals surface area contributed by atoms with Gasteiger partial charge in [-0.1, -0.05) is 53.7 Å². The van der Waals surface area contributed by atoms with Gasteiger partial charge in [0.2, 0.25) is 0 Å². The van der Waals surface area contributed by atoms with Crippen molar-refractivity contribution in [2.45, 2.75) is 119 Å². The molecule has 0 saturated heterocycles. The van der Waals surface area contributed by atoms with Gasteiger partial charge in [-0.3, -0.25) is 0 Å². The van der Waals surface area contributed by atoms with Crippen LogP contribution in [0, 0.1) is 56.7 Å². The van der Waals surface area contributed by atoms with Crippen molar-refractivity contribution in [1.82, 2.24) is 0 Å². The van der Waals surface area contributed by atoms with Crippen LogP contribution in [0.2, 0.25) is 0 Å². The molecule has 32 heavy (non-hydrogen) atoms. The summed E-state index contributed by atoms with van der Waals surface area (Å²) >= 11 is 0. The molecule has 5 fully saturated rings. The number of ether oxygens (including phenoxy) is 1. The van der Waals surface area contributed by atoms with Crippen LogP contribution in [-0.2, 0) is 4.74 Å². The fraction of sp³-hybridized carbons (Fsp3) is 0.935. The van der Waals surface area contributed by atoms with E-state index in [4.69, 9.17) is 4.74 Å². The fourth-order valence-corrected chi connectivity index (χ4v) is 11.9. The summed E-state index contributed by atoms with van der Waals surface area (Å²) in [6.45, 7) is 22.8. The van der Waals surface area contributed by atoms with Crippen molar-refractivity contribution in [3.63, 3.8) is 0 Å². The lowest BCUT2D eigenvalue weighted by atomic mass is 9.32. The summed E-state index contributed by atoms with van der Waals surface area (Å²) in [6.07, 6.45) is 14.6. The van der Waals surface area contributed by atoms with E-state index < -0.39 is 0 Å². The van der Waals surface area contributed by atoms with Crippen molar-refractivity contribution >= 4 is 0 Å². The first-order valence-corrected chi connectivity index (χ1v) is 14.0. The monoisotopic (exact) mass is 440 g/mol. The van der Waals surface area contributed by atoms with Crippen molar-refractivity contribution < 1.29 is 4.74 Å². The van der Waals surface area contributed by atoms with Crippen LogP contribution >= 0.6 is 0 Å². The minimum absolute atomic E-state index is 0.294. The highest BCUT2D eigenvalue weighted by molar-refractivity contribution is 5.21. The second-order valence-corrected chi connectivity index (χ2v) is 14.9. The summed E-state index contributed by atoms with van der Waals surface area (Å²) in [5.74, 6) is 4.22. The van der Waals surface area contributed by atoms with E-state index in [-0.39, 0.29) is 0 Å². The van der Waals surface area contributed by atoms with Crippen molar-refractivity contribution in [2.75, 3.05) is 7.11 Å². The first-order valence-electron chi connectivity index (χ1n) is 14.0. The van der Waals surface area contributed by atoms with Gasteiger partial charge in [0.25, 0.3) is 0 Å². The highest BCUT2D eigenvalue weighted by Crippen LogP contribution is 2.77. The van der Waals surface area contributed by atoms with Gasteiger partial charge in [0, 0.05) is 7.11 Å². The Morgan fingerprint density at radius 2 is 1.47 bits per heavy atom. The lowest BCUT2D eigenvalue weighted by Gasteiger charge is -2.73. The van der Waals surface area contributed by atoms with Gasteiger partial charge in [-0.15, -0.1) is 0 Å². The average Bonchev–Trinajstić information content (AvgIpc) is 3.06. The van der Waals surface area contributed by atoms with E-state index in [9.17, 15) is 0 Å². The molecule has 0 aromatic rings. The molecule has 0 N–H and O–H groups in total. The molecule has 5 aliphatic carbocycles. The Morgan fingerprint density at radius 1 is 0.750 bits per heavy atom. The first-order chi connectivity index (χ1) is 14.8. The predicted molar refractivity (Wildman–Crippen MR) is 135 cm³/mol. The molecule has 5 saturated carbocycles. The molecular weight excluding hydrogens is 388 g/mol. The van der Waals surface area contributed by atoms with Gasteiger partial charge in [0.1, 0.15) is 0 Å². The normalized spacial score (nSPS) is 56.5. The largest absolute Gasteiger partial charge is 0.381 e. The Kier molecular flexibility index (Phi) is 5.21. The molecule has 0 unspecified atom stereocenters. The van der Waals surface area contributed by atoms with Gasteiger partial charge in [-0.05, 0) is 128 Å². The zero-order valence-corrected chi connectivity index (χ0v) is 22.7. The van der Waals surface area contributed by atoms with E-state index >= 15 is 0 Å². The van der Waals surface area contributed by atoms with Crippen LogP contribution in [-0.4, -0.2) is 13.2 Å². The zero-order valence-electron chi connectivity index (χ0n) is 22.7. The number of hydrogen-bond acceptors (Lipinski definition) is 1. The zero-order chi connectivity index (χ0) is 23.3. The summed E-state index contributed by atoms with van der Waals surface area (Å²) in [7, 11) is 1.95. The molecule has 5 rings (SSSR count). The van der Waals surface area contributed by atoms with Crippen LogP contribution in [0.5, 0.6) is 0 Å². The minimum Gasteiger partial charge on any atom is -0.381 e. The van der Waals surface area contributed by atoms with Crippen LogP contribution in [0.25, 0.3) is 0 Å². The minimum atomic E-state index is 0.294. The number of allylic oxidation sites excluding steroid dienone is 1. The van der Waals surface area contributed by atoms with Gasteiger partial charge < -0.3 is 4.74 Å². The molecule has 0 radical (unpaired) electrons. The quantitative estimate of drug-likeness (QED) is 0.390. The van der Waals surface area contributed by atoms with Gasteiger partial charge in [-0.2, -0.15) is 0 Å². The van der Waals surface area contributed by atoms with Crippen molar-refractivity contribution in [2.24, 2.45) is 56.7 Å². The van der Waals surface area contributed by atoms with E-state index in [2.05, 4.69) is 55.0 Å². The van der Waals surface area contributed by atoms with Gasteiger partial charge in [-0.25, -0.2) is 0 Å². The van der Waals surface area contributed by atoms with Crippen molar-refractivity contribution in [3.8, 4) is 0 Å². The average molecular weight is 441 g/mol. The molecule has 1 nitrogen and oxygen atoms in total. The third-order valence-corrected chi connectivity index (χ3v) is 13.7. The van der Waals surface area contributed by atoms with Crippen LogP contribution in [0.15, 0.2) is 12.2 Å². The molecular formula is C31H52O. The molecule has 10 atom stereocenters. The molecule has 0 aromatic carbocycles. The van der Waals surface area contributed by atoms with Crippen molar-refractivity contribution in [3.05, 3.63) is 12.2 Å². The maximum atomic E-state index is 6.05. The highest BCUT2D eigenvalue weighted by Gasteiger charge is 2.70. The second-order valence-electron chi connectivity index (χ2n) is 14.9. The van der Waals surface area contributed by atoms with E-state index in [0.29, 0.717) is 33.2 Å². The Labute approximate surface area is 199 Å². The van der Waals surface area contributed by atoms with Crippen LogP contribution < -0.4 is 0 Å². The number of fused-ring (bicyclic) bond motifs is 7. The molecule has 0 heterocycles. The molecule has 0 aromatic heterocycles. The fourth-order valence-electron chi connectivity index (χ4n) is 11.9. The van der Waals surface area contributed by atoms with Crippen LogP contribution in [0.1, 0.15) is 113 Å². The summed E-state index contributed by atoms with van der Waals surface area (Å²) in [5, 5.41) is 0. The SMILES string of the molecule is C=C(C)[C@@H]1CC[C@]2(C)CC[C@]3(C)[C@H](CC[C@@H]4[C@@]5(C)CC[C@H](OC)C(C)(C)[C@@H]5CC[C@]43C)[C@H]12. The van der Waals surface area contributed by atoms with E-state index in [1.54, 1.807) is 0 Å². The second kappa shape index (κ2) is 7.11. The topological polar surface area (TPSA) is 9.23 Å². The van der Waals surface area contributed by atoms with Gasteiger partial charge >= 0.3 is 0 Å². The lowest BCUT2D eigenvalue weighted by molar-refractivity contribution is -0.248. The smallest absolute Gasteiger partial charge is 0.0625 e. The molecule has 0 amide bonds. The molecule has 5 aliphatic rings. The predicted octanol–water partition coefficient (Wildman–Crippen LogP) is 8.68. The summed E-state index contributed by atoms with van der Waals surface area (Å²) in [6, 6.07) is 0. The summed E-state index contributed by atoms with van der Waals surface area (Å²) in [4.78, 5) is 0. The molecule has 0 bridgehead atoms. The number of methoxy groups -OCH3 is 1. The Bertz CT molecular complexity index is 781. The number of hydrogen-bond donors (Lipinski definition) is 0. The van der Waals surface area contributed by atoms with Gasteiger partial charge in [0.15, 0.2) is 0 Å². The molecule has 182 valence electrons.